The molecule has 0 saturated carbocycles. The SMILES string of the molecule is Cc1cccc(-n2nnnc2SCC(=O)N[C@H](c2ccccc2)c2cccs2)c1C. The Balaban J connectivity index is 1.48. The van der Waals surface area contributed by atoms with E-state index >= 15 is 0 Å². The molecule has 8 heteroatoms. The van der Waals surface area contributed by atoms with E-state index < -0.39 is 0 Å². The lowest BCUT2D eigenvalue weighted by atomic mass is 10.1. The number of aromatic nitrogens is 4. The number of thioether (sulfide) groups is 1. The summed E-state index contributed by atoms with van der Waals surface area (Å²) in [6.07, 6.45) is 0. The zero-order chi connectivity index (χ0) is 20.9. The van der Waals surface area contributed by atoms with Crippen LogP contribution in [0.4, 0.5) is 0 Å². The van der Waals surface area contributed by atoms with Crippen molar-refractivity contribution in [3.8, 4) is 5.69 Å². The normalized spacial score (nSPS) is 11.9. The molecule has 1 amide bonds. The predicted molar refractivity (Wildman–Crippen MR) is 120 cm³/mol. The van der Waals surface area contributed by atoms with Gasteiger partial charge >= 0.3 is 0 Å². The first-order valence-corrected chi connectivity index (χ1v) is 11.4. The number of hydrogen-bond acceptors (Lipinski definition) is 6. The molecule has 0 spiro atoms. The molecule has 152 valence electrons. The molecule has 0 aliphatic rings. The molecule has 0 unspecified atom stereocenters. The second-order valence-electron chi connectivity index (χ2n) is 6.81. The molecule has 0 saturated heterocycles. The lowest BCUT2D eigenvalue weighted by molar-refractivity contribution is -0.119. The fraction of sp³-hybridized carbons (Fsp3) is 0.182. The molecule has 0 aliphatic heterocycles. The molecule has 2 aromatic heterocycles. The summed E-state index contributed by atoms with van der Waals surface area (Å²) in [4.78, 5) is 13.9. The Kier molecular flexibility index (Phi) is 6.25. The third kappa shape index (κ3) is 4.44. The third-order valence-electron chi connectivity index (χ3n) is 4.84. The minimum absolute atomic E-state index is 0.0715. The van der Waals surface area contributed by atoms with Crippen molar-refractivity contribution in [3.63, 3.8) is 0 Å². The highest BCUT2D eigenvalue weighted by atomic mass is 32.2. The number of carbonyl (C=O) groups is 1. The number of amides is 1. The Morgan fingerprint density at radius 1 is 1.10 bits per heavy atom. The van der Waals surface area contributed by atoms with E-state index in [9.17, 15) is 4.79 Å². The number of benzene rings is 2. The molecule has 1 N–H and O–H groups in total. The largest absolute Gasteiger partial charge is 0.344 e. The van der Waals surface area contributed by atoms with Crippen LogP contribution in [0, 0.1) is 13.8 Å². The first-order chi connectivity index (χ1) is 14.6. The van der Waals surface area contributed by atoms with Crippen LogP contribution in [-0.2, 0) is 4.79 Å². The molecule has 2 heterocycles. The van der Waals surface area contributed by atoms with Crippen molar-refractivity contribution in [2.75, 3.05) is 5.75 Å². The van der Waals surface area contributed by atoms with Gasteiger partial charge in [-0.1, -0.05) is 60.3 Å². The van der Waals surface area contributed by atoms with E-state index in [1.165, 1.54) is 17.3 Å². The molecule has 1 atom stereocenters. The van der Waals surface area contributed by atoms with E-state index in [0.717, 1.165) is 21.7 Å². The van der Waals surface area contributed by atoms with Crippen LogP contribution in [0.15, 0.2) is 71.2 Å². The zero-order valence-corrected chi connectivity index (χ0v) is 18.3. The summed E-state index contributed by atoms with van der Waals surface area (Å²) in [5, 5.41) is 17.8. The quantitative estimate of drug-likeness (QED) is 0.437. The number of hydrogen-bond donors (Lipinski definition) is 1. The van der Waals surface area contributed by atoms with E-state index in [1.807, 2.05) is 66.9 Å². The molecular weight excluding hydrogens is 414 g/mol. The molecule has 0 fully saturated rings. The van der Waals surface area contributed by atoms with Gasteiger partial charge in [-0.15, -0.1) is 16.4 Å². The van der Waals surface area contributed by atoms with Crippen LogP contribution in [0.5, 0.6) is 0 Å². The molecule has 0 bridgehead atoms. The first kappa shape index (κ1) is 20.3. The van der Waals surface area contributed by atoms with Crippen molar-refractivity contribution in [3.05, 3.63) is 87.6 Å². The summed E-state index contributed by atoms with van der Waals surface area (Å²) >= 11 is 2.95. The summed E-state index contributed by atoms with van der Waals surface area (Å²) in [6, 6.07) is 19.9. The Labute approximate surface area is 183 Å². The van der Waals surface area contributed by atoms with Crippen LogP contribution in [0.25, 0.3) is 5.69 Å². The van der Waals surface area contributed by atoms with Crippen molar-refractivity contribution >= 4 is 29.0 Å². The Bertz CT molecular complexity index is 1130. The highest BCUT2D eigenvalue weighted by Gasteiger charge is 2.19. The van der Waals surface area contributed by atoms with Crippen LogP contribution in [-0.4, -0.2) is 31.9 Å². The maximum atomic E-state index is 12.8. The van der Waals surface area contributed by atoms with Gasteiger partial charge in [0.25, 0.3) is 0 Å². The van der Waals surface area contributed by atoms with Gasteiger partial charge in [-0.05, 0) is 58.5 Å². The summed E-state index contributed by atoms with van der Waals surface area (Å²) in [6.45, 7) is 4.09. The lowest BCUT2D eigenvalue weighted by Gasteiger charge is -2.18. The Hall–Kier alpha value is -2.97. The molecular formula is C22H21N5OS2. The van der Waals surface area contributed by atoms with Crippen LogP contribution >= 0.6 is 23.1 Å². The molecule has 6 nitrogen and oxygen atoms in total. The number of thiophene rings is 1. The maximum Gasteiger partial charge on any atom is 0.231 e. The van der Waals surface area contributed by atoms with Crippen molar-refractivity contribution in [2.24, 2.45) is 0 Å². The Morgan fingerprint density at radius 3 is 2.70 bits per heavy atom. The number of tetrazole rings is 1. The number of aryl methyl sites for hydroxylation is 1. The summed E-state index contributed by atoms with van der Waals surface area (Å²) < 4.78 is 1.69. The minimum atomic E-state index is -0.172. The smallest absolute Gasteiger partial charge is 0.231 e. The Morgan fingerprint density at radius 2 is 1.93 bits per heavy atom. The van der Waals surface area contributed by atoms with Crippen molar-refractivity contribution in [1.82, 2.24) is 25.5 Å². The molecule has 2 aromatic carbocycles. The van der Waals surface area contributed by atoms with Gasteiger partial charge in [-0.25, -0.2) is 0 Å². The number of rotatable bonds is 7. The van der Waals surface area contributed by atoms with Crippen LogP contribution in [0.2, 0.25) is 0 Å². The highest BCUT2D eigenvalue weighted by molar-refractivity contribution is 7.99. The number of carbonyl (C=O) groups excluding carboxylic acids is 1. The van der Waals surface area contributed by atoms with E-state index in [4.69, 9.17) is 0 Å². The standard InChI is InChI=1S/C22H21N5OS2/c1-15-8-6-11-18(16(15)2)27-22(24-25-26-27)30-14-20(28)23-21(19-12-7-13-29-19)17-9-4-3-5-10-17/h3-13,21H,14H2,1-2H3,(H,23,28)/t21-/m1/s1. The molecule has 0 radical (unpaired) electrons. The van der Waals surface area contributed by atoms with Crippen molar-refractivity contribution < 1.29 is 4.79 Å². The fourth-order valence-corrected chi connectivity index (χ4v) is 4.64. The number of nitrogens with zero attached hydrogens (tertiary/aromatic N) is 4. The average Bonchev–Trinajstić information content (AvgIpc) is 3.45. The van der Waals surface area contributed by atoms with E-state index in [2.05, 4.69) is 33.8 Å². The summed E-state index contributed by atoms with van der Waals surface area (Å²) in [7, 11) is 0. The lowest BCUT2D eigenvalue weighted by Crippen LogP contribution is -2.30. The first-order valence-electron chi connectivity index (χ1n) is 9.49. The van der Waals surface area contributed by atoms with E-state index in [1.54, 1.807) is 16.0 Å². The predicted octanol–water partition coefficient (Wildman–Crippen LogP) is 4.34. The molecule has 4 rings (SSSR count). The second-order valence-corrected chi connectivity index (χ2v) is 8.73. The summed E-state index contributed by atoms with van der Waals surface area (Å²) in [5.74, 6) is 0.151. The zero-order valence-electron chi connectivity index (χ0n) is 16.6. The van der Waals surface area contributed by atoms with Crippen LogP contribution < -0.4 is 5.32 Å². The van der Waals surface area contributed by atoms with Crippen LogP contribution in [0.3, 0.4) is 0 Å². The fourth-order valence-electron chi connectivity index (χ4n) is 3.14. The molecule has 0 aliphatic carbocycles. The maximum absolute atomic E-state index is 12.8. The van der Waals surface area contributed by atoms with Gasteiger partial charge in [0.1, 0.15) is 0 Å². The highest BCUT2D eigenvalue weighted by Crippen LogP contribution is 2.27. The van der Waals surface area contributed by atoms with Gasteiger partial charge in [0.2, 0.25) is 11.1 Å². The van der Waals surface area contributed by atoms with Crippen molar-refractivity contribution in [1.29, 1.82) is 0 Å². The third-order valence-corrected chi connectivity index (χ3v) is 6.70. The molecule has 4 aromatic rings. The minimum Gasteiger partial charge on any atom is -0.344 e. The second kappa shape index (κ2) is 9.23. The van der Waals surface area contributed by atoms with Gasteiger partial charge in [0.05, 0.1) is 17.5 Å². The van der Waals surface area contributed by atoms with Gasteiger partial charge in [-0.2, -0.15) is 4.68 Å². The van der Waals surface area contributed by atoms with Crippen molar-refractivity contribution in [2.45, 2.75) is 25.0 Å². The van der Waals surface area contributed by atoms with Gasteiger partial charge in [-0.3, -0.25) is 4.79 Å². The van der Waals surface area contributed by atoms with E-state index in [0.29, 0.717) is 5.16 Å². The monoisotopic (exact) mass is 435 g/mol. The van der Waals surface area contributed by atoms with E-state index in [-0.39, 0.29) is 17.7 Å². The molecule has 30 heavy (non-hydrogen) atoms. The average molecular weight is 436 g/mol. The van der Waals surface area contributed by atoms with Gasteiger partial charge in [0, 0.05) is 4.88 Å². The van der Waals surface area contributed by atoms with Gasteiger partial charge < -0.3 is 5.32 Å². The van der Waals surface area contributed by atoms with Gasteiger partial charge in [0.15, 0.2) is 0 Å². The topological polar surface area (TPSA) is 72.7 Å². The summed E-state index contributed by atoms with van der Waals surface area (Å²) in [5.41, 5.74) is 4.25. The number of nitrogens with one attached hydrogen (secondary N) is 1. The van der Waals surface area contributed by atoms with Crippen LogP contribution in [0.1, 0.15) is 27.6 Å².